The van der Waals surface area contributed by atoms with Gasteiger partial charge in [0.25, 0.3) is 10.0 Å². The third-order valence-corrected chi connectivity index (χ3v) is 13.3. The highest BCUT2D eigenvalue weighted by molar-refractivity contribution is 7.89. The van der Waals surface area contributed by atoms with Crippen molar-refractivity contribution in [2.75, 3.05) is 13.2 Å². The average Bonchev–Trinajstić information content (AvgIpc) is 2.80. The van der Waals surface area contributed by atoms with Gasteiger partial charge in [-0.15, -0.1) is 13.2 Å². The maximum absolute atomic E-state index is 13.8. The van der Waals surface area contributed by atoms with E-state index in [-0.39, 0.29) is 29.0 Å². The molecule has 0 fully saturated rings. The molecule has 1 aromatic rings. The molecule has 1 aliphatic carbocycles. The Balaban J connectivity index is 2.49. The van der Waals surface area contributed by atoms with Gasteiger partial charge in [0.2, 0.25) is 0 Å². The first-order chi connectivity index (χ1) is 16.2. The standard InChI is InChI=1S/C28H43NO4SSi/c1-9-23-12-11-13-25(18-23)29(34(31,32)27-16-14-22(3)15-17-27)20-24(21-30)19-26(10-2)33-35(7,8)28(4,5)6/h9-10,14-19,23,26,30H,1-2,11-13,20-21H2,3-8H3/b24-19-/t23-,26-/m0/s1. The SMILES string of the molecule is C=C[C@@H]1C=C(N(C/C(=C/[C@H](C=C)O[Si](C)(C)C(C)(C)C)CO)S(=O)(=O)c2ccc(C)cc2)CCC1. The third-order valence-electron chi connectivity index (χ3n) is 7.03. The van der Waals surface area contributed by atoms with E-state index in [0.29, 0.717) is 12.0 Å². The number of nitrogens with zero attached hydrogens (tertiary/aromatic N) is 1. The second-order valence-corrected chi connectivity index (χ2v) is 17.5. The number of rotatable bonds is 11. The van der Waals surface area contributed by atoms with E-state index in [0.717, 1.165) is 24.1 Å². The van der Waals surface area contributed by atoms with Crippen LogP contribution in [-0.4, -0.2) is 45.4 Å². The largest absolute Gasteiger partial charge is 0.407 e. The Bertz CT molecular complexity index is 1050. The number of allylic oxidation sites excluding steroid dienone is 3. The maximum Gasteiger partial charge on any atom is 0.264 e. The van der Waals surface area contributed by atoms with Gasteiger partial charge in [-0.2, -0.15) is 0 Å². The van der Waals surface area contributed by atoms with Gasteiger partial charge >= 0.3 is 0 Å². The summed E-state index contributed by atoms with van der Waals surface area (Å²) in [6.07, 6.45) is 9.45. The lowest BCUT2D eigenvalue weighted by atomic mass is 9.94. The van der Waals surface area contributed by atoms with Crippen molar-refractivity contribution < 1.29 is 18.0 Å². The lowest BCUT2D eigenvalue weighted by molar-refractivity contribution is 0.262. The highest BCUT2D eigenvalue weighted by Crippen LogP contribution is 2.38. The number of aryl methyl sites for hydroxylation is 1. The fourth-order valence-electron chi connectivity index (χ4n) is 3.74. The Morgan fingerprint density at radius 2 is 1.89 bits per heavy atom. The van der Waals surface area contributed by atoms with Crippen LogP contribution in [0.15, 0.2) is 77.9 Å². The third kappa shape index (κ3) is 7.53. The van der Waals surface area contributed by atoms with E-state index >= 15 is 0 Å². The van der Waals surface area contributed by atoms with Crippen molar-refractivity contribution in [3.8, 4) is 0 Å². The minimum Gasteiger partial charge on any atom is -0.407 e. The van der Waals surface area contributed by atoms with Crippen molar-refractivity contribution in [2.45, 2.75) is 76.1 Å². The molecule has 0 radical (unpaired) electrons. The van der Waals surface area contributed by atoms with E-state index in [2.05, 4.69) is 47.0 Å². The number of sulfonamides is 1. The molecule has 0 spiro atoms. The summed E-state index contributed by atoms with van der Waals surface area (Å²) in [5.74, 6) is 0.124. The highest BCUT2D eigenvalue weighted by Gasteiger charge is 2.38. The predicted molar refractivity (Wildman–Crippen MR) is 148 cm³/mol. The summed E-state index contributed by atoms with van der Waals surface area (Å²) in [5, 5.41) is 10.3. The van der Waals surface area contributed by atoms with Crippen LogP contribution in [0.3, 0.4) is 0 Å². The van der Waals surface area contributed by atoms with Crippen molar-refractivity contribution in [1.29, 1.82) is 0 Å². The minimum atomic E-state index is -3.83. The molecule has 2 rings (SSSR count). The molecular weight excluding hydrogens is 474 g/mol. The van der Waals surface area contributed by atoms with Crippen LogP contribution in [0.2, 0.25) is 18.1 Å². The number of aliphatic hydroxyl groups is 1. The highest BCUT2D eigenvalue weighted by atomic mass is 32.2. The van der Waals surface area contributed by atoms with Gasteiger partial charge < -0.3 is 9.53 Å². The molecule has 0 aromatic heterocycles. The second-order valence-electron chi connectivity index (χ2n) is 10.8. The first kappa shape index (κ1) is 29.3. The molecule has 0 unspecified atom stereocenters. The molecule has 2 atom stereocenters. The molecule has 0 amide bonds. The molecule has 0 saturated heterocycles. The van der Waals surface area contributed by atoms with Crippen LogP contribution >= 0.6 is 0 Å². The molecule has 1 aromatic carbocycles. The van der Waals surface area contributed by atoms with E-state index in [9.17, 15) is 13.5 Å². The van der Waals surface area contributed by atoms with Gasteiger partial charge in [0.15, 0.2) is 8.32 Å². The zero-order chi connectivity index (χ0) is 26.4. The maximum atomic E-state index is 13.8. The number of hydrogen-bond acceptors (Lipinski definition) is 4. The van der Waals surface area contributed by atoms with Crippen LogP contribution < -0.4 is 0 Å². The van der Waals surface area contributed by atoms with Gasteiger partial charge in [-0.05, 0) is 74.0 Å². The number of aliphatic hydroxyl groups excluding tert-OH is 1. The molecule has 7 heteroatoms. The van der Waals surface area contributed by atoms with Crippen LogP contribution in [0.5, 0.6) is 0 Å². The Morgan fingerprint density at radius 1 is 1.26 bits per heavy atom. The van der Waals surface area contributed by atoms with Crippen LogP contribution in [-0.2, 0) is 14.4 Å². The Morgan fingerprint density at radius 3 is 2.40 bits per heavy atom. The minimum absolute atomic E-state index is 0.00883. The van der Waals surface area contributed by atoms with Crippen molar-refractivity contribution in [3.63, 3.8) is 0 Å². The van der Waals surface area contributed by atoms with E-state index in [4.69, 9.17) is 4.43 Å². The summed E-state index contributed by atoms with van der Waals surface area (Å²) in [7, 11) is -5.94. The summed E-state index contributed by atoms with van der Waals surface area (Å²) in [5.41, 5.74) is 2.30. The predicted octanol–water partition coefficient (Wildman–Crippen LogP) is 6.35. The fraction of sp³-hybridized carbons (Fsp3) is 0.500. The van der Waals surface area contributed by atoms with Crippen molar-refractivity contribution in [1.82, 2.24) is 4.31 Å². The van der Waals surface area contributed by atoms with Gasteiger partial charge in [-0.1, -0.05) is 56.7 Å². The Hall–Kier alpha value is -1.93. The molecule has 194 valence electrons. The molecule has 35 heavy (non-hydrogen) atoms. The zero-order valence-electron chi connectivity index (χ0n) is 22.3. The average molecular weight is 518 g/mol. The molecule has 1 aliphatic rings. The van der Waals surface area contributed by atoms with E-state index in [1.54, 1.807) is 30.3 Å². The first-order valence-corrected chi connectivity index (χ1v) is 16.6. The monoisotopic (exact) mass is 517 g/mol. The second kappa shape index (κ2) is 11.9. The van der Waals surface area contributed by atoms with Crippen LogP contribution in [0.4, 0.5) is 0 Å². The normalized spacial score (nSPS) is 18.5. The van der Waals surface area contributed by atoms with E-state index in [1.165, 1.54) is 4.31 Å². The fourth-order valence-corrected chi connectivity index (χ4v) is 6.47. The van der Waals surface area contributed by atoms with E-state index in [1.807, 2.05) is 25.2 Å². The number of benzene rings is 1. The van der Waals surface area contributed by atoms with Crippen molar-refractivity contribution in [3.05, 3.63) is 78.6 Å². The van der Waals surface area contributed by atoms with Crippen LogP contribution in [0.1, 0.15) is 45.6 Å². The van der Waals surface area contributed by atoms with Gasteiger partial charge in [0.1, 0.15) is 0 Å². The van der Waals surface area contributed by atoms with Crippen LogP contribution in [0.25, 0.3) is 0 Å². The summed E-state index contributed by atoms with van der Waals surface area (Å²) < 4.78 is 35.5. The van der Waals surface area contributed by atoms with Gasteiger partial charge in [-0.25, -0.2) is 8.42 Å². The Kier molecular flexibility index (Phi) is 9.93. The smallest absolute Gasteiger partial charge is 0.264 e. The Labute approximate surface area is 214 Å². The summed E-state index contributed by atoms with van der Waals surface area (Å²) in [4.78, 5) is 0.236. The zero-order valence-corrected chi connectivity index (χ0v) is 24.1. The van der Waals surface area contributed by atoms with Crippen molar-refractivity contribution in [2.24, 2.45) is 5.92 Å². The summed E-state index contributed by atoms with van der Waals surface area (Å²) >= 11 is 0. The molecule has 1 N–H and O–H groups in total. The quantitative estimate of drug-likeness (QED) is 0.274. The topological polar surface area (TPSA) is 66.8 Å². The van der Waals surface area contributed by atoms with Crippen LogP contribution in [0, 0.1) is 12.8 Å². The lowest BCUT2D eigenvalue weighted by Gasteiger charge is -2.38. The molecule has 5 nitrogen and oxygen atoms in total. The number of hydrogen-bond donors (Lipinski definition) is 1. The molecule has 0 aliphatic heterocycles. The molecule has 0 heterocycles. The van der Waals surface area contributed by atoms with Gasteiger partial charge in [-0.3, -0.25) is 4.31 Å². The summed E-state index contributed by atoms with van der Waals surface area (Å²) in [6.45, 7) is 20.3. The summed E-state index contributed by atoms with van der Waals surface area (Å²) in [6, 6.07) is 6.88. The van der Waals surface area contributed by atoms with Crippen molar-refractivity contribution >= 4 is 18.3 Å². The molecule has 0 saturated carbocycles. The first-order valence-electron chi connectivity index (χ1n) is 12.3. The lowest BCUT2D eigenvalue weighted by Crippen LogP contribution is -2.43. The molecule has 0 bridgehead atoms. The van der Waals surface area contributed by atoms with Gasteiger partial charge in [0, 0.05) is 5.70 Å². The van der Waals surface area contributed by atoms with E-state index < -0.39 is 24.4 Å². The molecular formula is C28H43NO4SSi. The van der Waals surface area contributed by atoms with Gasteiger partial charge in [0.05, 0.1) is 24.2 Å².